The van der Waals surface area contributed by atoms with E-state index in [0.717, 1.165) is 40.6 Å². The van der Waals surface area contributed by atoms with E-state index in [1.54, 1.807) is 20.3 Å². The van der Waals surface area contributed by atoms with Crippen LogP contribution < -0.4 is 26.0 Å². The van der Waals surface area contributed by atoms with Gasteiger partial charge in [0.1, 0.15) is 5.56 Å². The highest BCUT2D eigenvalue weighted by Crippen LogP contribution is 2.37. The molecule has 0 spiro atoms. The summed E-state index contributed by atoms with van der Waals surface area (Å²) in [5.41, 5.74) is 2.72. The van der Waals surface area contributed by atoms with Crippen molar-refractivity contribution >= 4 is 10.9 Å². The molecule has 1 aliphatic heterocycles. The zero-order valence-corrected chi connectivity index (χ0v) is 20.6. The summed E-state index contributed by atoms with van der Waals surface area (Å²) in [6.07, 6.45) is 2.10. The molecule has 0 saturated carbocycles. The number of rotatable bonds is 7. The van der Waals surface area contributed by atoms with E-state index in [1.807, 2.05) is 30.3 Å². The molecular weight excluding hydrogens is 460 g/mol. The summed E-state index contributed by atoms with van der Waals surface area (Å²) in [7, 11) is 3.13. The summed E-state index contributed by atoms with van der Waals surface area (Å²) in [6, 6.07) is 13.1. The molecule has 0 aliphatic carbocycles. The number of nitrogens with zero attached hydrogens (tertiary/aromatic N) is 1. The molecule has 9 heteroatoms. The first-order valence-corrected chi connectivity index (χ1v) is 12.1. The second-order valence-electron chi connectivity index (χ2n) is 9.06. The number of aromatic nitrogens is 3. The fraction of sp³-hybridized carbons (Fsp3) is 0.333. The molecule has 4 N–H and O–H groups in total. The van der Waals surface area contributed by atoms with Gasteiger partial charge in [-0.25, -0.2) is 4.79 Å². The normalized spacial score (nSPS) is 17.2. The number of nitrogens with one attached hydrogen (secondary N) is 3. The Balaban J connectivity index is 1.55. The summed E-state index contributed by atoms with van der Waals surface area (Å²) in [6.45, 7) is 2.26. The van der Waals surface area contributed by atoms with E-state index in [9.17, 15) is 14.7 Å². The third-order valence-corrected chi connectivity index (χ3v) is 7.05. The van der Waals surface area contributed by atoms with Crippen LogP contribution in [-0.4, -0.2) is 39.9 Å². The van der Waals surface area contributed by atoms with Crippen molar-refractivity contribution in [2.75, 3.05) is 14.2 Å². The Morgan fingerprint density at radius 1 is 1.06 bits per heavy atom. The maximum absolute atomic E-state index is 13.0. The minimum absolute atomic E-state index is 0.118. The van der Waals surface area contributed by atoms with Crippen molar-refractivity contribution in [3.05, 3.63) is 85.7 Å². The Bertz CT molecular complexity index is 1530. The number of ether oxygens (including phenoxy) is 2. The van der Waals surface area contributed by atoms with E-state index in [-0.39, 0.29) is 24.0 Å². The van der Waals surface area contributed by atoms with Crippen molar-refractivity contribution in [1.29, 1.82) is 0 Å². The fourth-order valence-corrected chi connectivity index (χ4v) is 5.12. The van der Waals surface area contributed by atoms with Crippen molar-refractivity contribution in [2.45, 2.75) is 44.8 Å². The van der Waals surface area contributed by atoms with Gasteiger partial charge in [0, 0.05) is 29.2 Å². The monoisotopic (exact) mass is 490 g/mol. The Morgan fingerprint density at radius 3 is 2.58 bits per heavy atom. The van der Waals surface area contributed by atoms with Crippen molar-refractivity contribution < 1.29 is 14.6 Å². The van der Waals surface area contributed by atoms with Gasteiger partial charge in [0.25, 0.3) is 5.56 Å². The summed E-state index contributed by atoms with van der Waals surface area (Å²) in [5, 5.41) is 15.9. The molecule has 0 amide bonds. The van der Waals surface area contributed by atoms with Gasteiger partial charge in [0.05, 0.1) is 20.3 Å². The number of hydrogen-bond acceptors (Lipinski definition) is 6. The smallest absolute Gasteiger partial charge is 0.331 e. The van der Waals surface area contributed by atoms with E-state index >= 15 is 0 Å². The first kappa shape index (κ1) is 23.7. The number of hydrogen-bond donors (Lipinski definition) is 4. The van der Waals surface area contributed by atoms with Gasteiger partial charge in [-0.05, 0) is 48.6 Å². The predicted molar refractivity (Wildman–Crippen MR) is 137 cm³/mol. The van der Waals surface area contributed by atoms with Crippen molar-refractivity contribution in [1.82, 2.24) is 19.9 Å². The van der Waals surface area contributed by atoms with Crippen molar-refractivity contribution in [2.24, 2.45) is 0 Å². The van der Waals surface area contributed by atoms with E-state index < -0.39 is 17.3 Å². The first-order chi connectivity index (χ1) is 17.4. The predicted octanol–water partition coefficient (Wildman–Crippen LogP) is 3.00. The lowest BCUT2D eigenvalue weighted by molar-refractivity contribution is 0.354. The van der Waals surface area contributed by atoms with Crippen LogP contribution in [0, 0.1) is 0 Å². The molecule has 3 heterocycles. The lowest BCUT2D eigenvalue weighted by Crippen LogP contribution is -2.43. The van der Waals surface area contributed by atoms with E-state index in [0.29, 0.717) is 17.9 Å². The minimum atomic E-state index is -0.651. The number of benzene rings is 2. The number of aryl methyl sites for hydroxylation is 1. The van der Waals surface area contributed by atoms with Crippen LogP contribution in [0.25, 0.3) is 10.9 Å². The first-order valence-electron chi connectivity index (χ1n) is 12.1. The topological polar surface area (TPSA) is 121 Å². The van der Waals surface area contributed by atoms with Gasteiger partial charge in [-0.3, -0.25) is 14.3 Å². The zero-order chi connectivity index (χ0) is 25.4. The molecule has 2 atom stereocenters. The summed E-state index contributed by atoms with van der Waals surface area (Å²) < 4.78 is 11.9. The van der Waals surface area contributed by atoms with Crippen molar-refractivity contribution in [3.63, 3.8) is 0 Å². The number of H-pyrrole nitrogens is 2. The summed E-state index contributed by atoms with van der Waals surface area (Å²) >= 11 is 0. The molecule has 0 saturated heterocycles. The van der Waals surface area contributed by atoms with Crippen molar-refractivity contribution in [3.8, 4) is 17.4 Å². The number of fused-ring (bicyclic) bond motifs is 3. The maximum Gasteiger partial charge on any atom is 0.331 e. The Labute approximate surface area is 207 Å². The highest BCUT2D eigenvalue weighted by molar-refractivity contribution is 5.85. The highest BCUT2D eigenvalue weighted by Gasteiger charge is 2.34. The van der Waals surface area contributed by atoms with Crippen LogP contribution >= 0.6 is 0 Å². The van der Waals surface area contributed by atoms with Crippen LogP contribution in [0.3, 0.4) is 0 Å². The lowest BCUT2D eigenvalue weighted by atomic mass is 9.90. The van der Waals surface area contributed by atoms with E-state index in [2.05, 4.69) is 28.3 Å². The van der Waals surface area contributed by atoms with Gasteiger partial charge in [-0.2, -0.15) is 0 Å². The van der Waals surface area contributed by atoms with Gasteiger partial charge < -0.3 is 24.9 Å². The average Bonchev–Trinajstić information content (AvgIpc) is 3.26. The third-order valence-electron chi connectivity index (χ3n) is 7.05. The second kappa shape index (κ2) is 9.58. The molecular formula is C27H30N4O5. The van der Waals surface area contributed by atoms with Gasteiger partial charge in [0.15, 0.2) is 11.5 Å². The molecule has 1 aliphatic rings. The third kappa shape index (κ3) is 4.05. The fourth-order valence-electron chi connectivity index (χ4n) is 5.12. The Morgan fingerprint density at radius 2 is 1.83 bits per heavy atom. The molecule has 2 aromatic heterocycles. The largest absolute Gasteiger partial charge is 0.494 e. The van der Waals surface area contributed by atoms with E-state index in [1.165, 1.54) is 4.57 Å². The summed E-state index contributed by atoms with van der Waals surface area (Å²) in [5.74, 6) is 0.857. The number of para-hydroxylation sites is 1. The Kier molecular flexibility index (Phi) is 6.32. The second-order valence-corrected chi connectivity index (χ2v) is 9.06. The molecule has 2 aromatic carbocycles. The molecule has 36 heavy (non-hydrogen) atoms. The van der Waals surface area contributed by atoms with Crippen LogP contribution in [0.2, 0.25) is 0 Å². The van der Waals surface area contributed by atoms with E-state index in [4.69, 9.17) is 9.47 Å². The molecule has 0 radical (unpaired) electrons. The molecule has 5 rings (SSSR count). The number of aromatic amines is 2. The molecule has 0 fully saturated rings. The molecule has 9 nitrogen and oxygen atoms in total. The quantitative estimate of drug-likeness (QED) is 0.316. The van der Waals surface area contributed by atoms with Gasteiger partial charge >= 0.3 is 5.69 Å². The lowest BCUT2D eigenvalue weighted by Gasteiger charge is -2.31. The number of aromatic hydroxyl groups is 1. The molecule has 0 bridgehead atoms. The Hall–Kier alpha value is -3.98. The van der Waals surface area contributed by atoms with Crippen LogP contribution in [0.1, 0.15) is 41.8 Å². The zero-order valence-electron chi connectivity index (χ0n) is 20.6. The van der Waals surface area contributed by atoms with Crippen LogP contribution in [0.5, 0.6) is 17.4 Å². The summed E-state index contributed by atoms with van der Waals surface area (Å²) in [4.78, 5) is 31.6. The number of methoxy groups -OCH3 is 2. The van der Waals surface area contributed by atoms with Crippen LogP contribution in [-0.2, 0) is 19.4 Å². The minimum Gasteiger partial charge on any atom is -0.494 e. The SMILES string of the molecule is CCC1Cc2c([nH]c3ccccc23)C(c2c(O)n(CCc3ccc(OC)c(OC)c3)c(=O)[nH]c2=O)N1. The maximum atomic E-state index is 13.0. The van der Waals surface area contributed by atoms with Gasteiger partial charge in [-0.1, -0.05) is 31.2 Å². The standard InChI is InChI=1S/C27H30N4O5/c1-4-16-14-18-17-7-5-6-8-19(17)29-23(18)24(28-16)22-25(32)30-27(34)31(26(22)33)12-11-15-9-10-20(35-2)21(13-15)36-3/h5-10,13,16,24,28-29,33H,4,11-12,14H2,1-3H3,(H,30,32,34). The van der Waals surface area contributed by atoms with Gasteiger partial charge in [0.2, 0.25) is 5.88 Å². The van der Waals surface area contributed by atoms with Gasteiger partial charge in [-0.15, -0.1) is 0 Å². The van der Waals surface area contributed by atoms with Crippen LogP contribution in [0.4, 0.5) is 0 Å². The molecule has 188 valence electrons. The highest BCUT2D eigenvalue weighted by atomic mass is 16.5. The molecule has 4 aromatic rings. The molecule has 2 unspecified atom stereocenters. The average molecular weight is 491 g/mol. The van der Waals surface area contributed by atoms with Crippen LogP contribution in [0.15, 0.2) is 52.1 Å².